The zero-order valence-corrected chi connectivity index (χ0v) is 13.4. The van der Waals surface area contributed by atoms with E-state index in [0.29, 0.717) is 30.7 Å². The standard InChI is InChI=1S/C17H23N3O3/c1-19-7-10(6-18-19)16-11(4-5-22-16)17(21)20-8-12-13(9-20)15-3-2-14(12)23-15/h6-7,11-16H,2-5,8-9H2,1H3/t11-,12?,13?,14?,15?,16+/m0/s1. The van der Waals surface area contributed by atoms with Gasteiger partial charge in [0, 0.05) is 50.3 Å². The summed E-state index contributed by atoms with van der Waals surface area (Å²) in [7, 11) is 1.90. The van der Waals surface area contributed by atoms with Crippen LogP contribution in [0.3, 0.4) is 0 Å². The molecule has 2 bridgehead atoms. The molecule has 4 aliphatic heterocycles. The molecule has 1 aromatic heterocycles. The summed E-state index contributed by atoms with van der Waals surface area (Å²) < 4.78 is 13.7. The lowest BCUT2D eigenvalue weighted by atomic mass is 9.82. The van der Waals surface area contributed by atoms with Crippen molar-refractivity contribution in [2.75, 3.05) is 19.7 Å². The maximum Gasteiger partial charge on any atom is 0.228 e. The van der Waals surface area contributed by atoms with Crippen molar-refractivity contribution in [3.63, 3.8) is 0 Å². The molecular weight excluding hydrogens is 294 g/mol. The summed E-state index contributed by atoms with van der Waals surface area (Å²) in [6.07, 6.45) is 7.62. The predicted octanol–water partition coefficient (Wildman–Crippen LogP) is 1.13. The molecule has 0 N–H and O–H groups in total. The molecule has 0 spiro atoms. The zero-order valence-electron chi connectivity index (χ0n) is 13.4. The summed E-state index contributed by atoms with van der Waals surface area (Å²) >= 11 is 0. The number of carbonyl (C=O) groups is 1. The summed E-state index contributed by atoms with van der Waals surface area (Å²) in [5.41, 5.74) is 1.02. The lowest BCUT2D eigenvalue weighted by Crippen LogP contribution is -2.37. The van der Waals surface area contributed by atoms with Gasteiger partial charge in [-0.3, -0.25) is 9.48 Å². The Balaban J connectivity index is 1.33. The first-order valence-corrected chi connectivity index (χ1v) is 8.75. The molecule has 4 aliphatic rings. The molecule has 0 saturated carbocycles. The van der Waals surface area contributed by atoms with E-state index in [1.165, 1.54) is 12.8 Å². The molecule has 6 nitrogen and oxygen atoms in total. The van der Waals surface area contributed by atoms with Crippen molar-refractivity contribution in [2.45, 2.75) is 37.6 Å². The Morgan fingerprint density at radius 1 is 1.22 bits per heavy atom. The molecule has 6 atom stereocenters. The van der Waals surface area contributed by atoms with Gasteiger partial charge < -0.3 is 14.4 Å². The lowest BCUT2D eigenvalue weighted by Gasteiger charge is -2.24. The Kier molecular flexibility index (Phi) is 3.07. The molecule has 4 fully saturated rings. The maximum atomic E-state index is 13.1. The fourth-order valence-electron chi connectivity index (χ4n) is 5.13. The van der Waals surface area contributed by atoms with Crippen molar-refractivity contribution in [3.8, 4) is 0 Å². The van der Waals surface area contributed by atoms with Crippen LogP contribution in [0.25, 0.3) is 0 Å². The quantitative estimate of drug-likeness (QED) is 0.821. The Morgan fingerprint density at radius 3 is 2.61 bits per heavy atom. The fraction of sp³-hybridized carbons (Fsp3) is 0.765. The summed E-state index contributed by atoms with van der Waals surface area (Å²) in [4.78, 5) is 15.2. The van der Waals surface area contributed by atoms with Crippen molar-refractivity contribution < 1.29 is 14.3 Å². The highest BCUT2D eigenvalue weighted by molar-refractivity contribution is 5.80. The number of rotatable bonds is 2. The number of nitrogens with zero attached hydrogens (tertiary/aromatic N) is 3. The molecule has 0 radical (unpaired) electrons. The van der Waals surface area contributed by atoms with E-state index in [0.717, 1.165) is 25.1 Å². The molecule has 1 aromatic rings. The third kappa shape index (κ3) is 2.08. The topological polar surface area (TPSA) is 56.6 Å². The van der Waals surface area contributed by atoms with Crippen LogP contribution in [0.4, 0.5) is 0 Å². The second kappa shape index (κ2) is 5.05. The number of carbonyl (C=O) groups excluding carboxylic acids is 1. The van der Waals surface area contributed by atoms with Gasteiger partial charge in [0.05, 0.1) is 30.4 Å². The van der Waals surface area contributed by atoms with Gasteiger partial charge in [-0.1, -0.05) is 0 Å². The number of hydrogen-bond donors (Lipinski definition) is 0. The Hall–Kier alpha value is -1.40. The number of ether oxygens (including phenoxy) is 2. The monoisotopic (exact) mass is 317 g/mol. The van der Waals surface area contributed by atoms with Crippen LogP contribution >= 0.6 is 0 Å². The van der Waals surface area contributed by atoms with Crippen LogP contribution in [-0.4, -0.2) is 52.5 Å². The highest BCUT2D eigenvalue weighted by Crippen LogP contribution is 2.48. The number of hydrogen-bond acceptors (Lipinski definition) is 4. The minimum Gasteiger partial charge on any atom is -0.374 e. The number of aromatic nitrogens is 2. The molecule has 4 unspecified atom stereocenters. The minimum atomic E-state index is -0.135. The van der Waals surface area contributed by atoms with Crippen LogP contribution in [0.5, 0.6) is 0 Å². The smallest absolute Gasteiger partial charge is 0.228 e. The van der Waals surface area contributed by atoms with Gasteiger partial charge in [0.1, 0.15) is 0 Å². The normalized spacial score (nSPS) is 41.7. The number of aryl methyl sites for hydroxylation is 1. The third-order valence-corrected chi connectivity index (χ3v) is 6.23. The maximum absolute atomic E-state index is 13.1. The van der Waals surface area contributed by atoms with Crippen LogP contribution in [0.1, 0.15) is 30.9 Å². The highest BCUT2D eigenvalue weighted by Gasteiger charge is 2.54. The van der Waals surface area contributed by atoms with Crippen molar-refractivity contribution in [1.82, 2.24) is 14.7 Å². The zero-order chi connectivity index (χ0) is 15.6. The van der Waals surface area contributed by atoms with Crippen LogP contribution in [0, 0.1) is 17.8 Å². The molecule has 6 heteroatoms. The molecular formula is C17H23N3O3. The van der Waals surface area contributed by atoms with Gasteiger partial charge >= 0.3 is 0 Å². The lowest BCUT2D eigenvalue weighted by molar-refractivity contribution is -0.137. The molecule has 0 aromatic carbocycles. The average Bonchev–Trinajstić information content (AvgIpc) is 3.31. The second-order valence-corrected chi connectivity index (χ2v) is 7.50. The first kappa shape index (κ1) is 14.0. The van der Waals surface area contributed by atoms with Gasteiger partial charge in [0.2, 0.25) is 5.91 Å². The van der Waals surface area contributed by atoms with Crippen molar-refractivity contribution in [1.29, 1.82) is 0 Å². The Morgan fingerprint density at radius 2 is 1.96 bits per heavy atom. The van der Waals surface area contributed by atoms with E-state index in [2.05, 4.69) is 10.00 Å². The number of fused-ring (bicyclic) bond motifs is 5. The van der Waals surface area contributed by atoms with E-state index < -0.39 is 0 Å². The van der Waals surface area contributed by atoms with Crippen molar-refractivity contribution in [3.05, 3.63) is 18.0 Å². The Labute approximate surface area is 135 Å². The molecule has 124 valence electrons. The van der Waals surface area contributed by atoms with E-state index in [1.54, 1.807) is 4.68 Å². The van der Waals surface area contributed by atoms with Gasteiger partial charge in [-0.25, -0.2) is 0 Å². The van der Waals surface area contributed by atoms with Crippen LogP contribution < -0.4 is 0 Å². The highest BCUT2D eigenvalue weighted by atomic mass is 16.5. The molecule has 1 amide bonds. The average molecular weight is 317 g/mol. The van der Waals surface area contributed by atoms with Gasteiger partial charge in [-0.15, -0.1) is 0 Å². The summed E-state index contributed by atoms with van der Waals surface area (Å²) in [5.74, 6) is 1.34. The Bertz CT molecular complexity index is 612. The first-order chi connectivity index (χ1) is 11.2. The molecule has 4 saturated heterocycles. The van der Waals surface area contributed by atoms with E-state index in [-0.39, 0.29) is 17.9 Å². The van der Waals surface area contributed by atoms with Gasteiger partial charge in [0.25, 0.3) is 0 Å². The van der Waals surface area contributed by atoms with E-state index in [9.17, 15) is 4.79 Å². The van der Waals surface area contributed by atoms with Crippen LogP contribution in [-0.2, 0) is 21.3 Å². The van der Waals surface area contributed by atoms with Gasteiger partial charge in [-0.05, 0) is 19.3 Å². The molecule has 5 heterocycles. The summed E-state index contributed by atoms with van der Waals surface area (Å²) in [6.45, 7) is 2.41. The second-order valence-electron chi connectivity index (χ2n) is 7.50. The van der Waals surface area contributed by atoms with Crippen LogP contribution in [0.15, 0.2) is 12.4 Å². The van der Waals surface area contributed by atoms with Crippen molar-refractivity contribution >= 4 is 5.91 Å². The van der Waals surface area contributed by atoms with Crippen LogP contribution in [0.2, 0.25) is 0 Å². The summed E-state index contributed by atoms with van der Waals surface area (Å²) in [5, 5.41) is 4.22. The minimum absolute atomic E-state index is 0.0587. The SMILES string of the molecule is Cn1cc([C@H]2OCC[C@@H]2C(=O)N2CC3C4CCC(O4)C3C2)cn1. The number of likely N-dealkylation sites (tertiary alicyclic amines) is 1. The predicted molar refractivity (Wildman–Crippen MR) is 81.5 cm³/mol. The van der Waals surface area contributed by atoms with Gasteiger partial charge in [-0.2, -0.15) is 5.10 Å². The summed E-state index contributed by atoms with van der Waals surface area (Å²) in [6, 6.07) is 0. The fourth-order valence-corrected chi connectivity index (χ4v) is 5.13. The van der Waals surface area contributed by atoms with E-state index in [1.807, 2.05) is 19.4 Å². The third-order valence-electron chi connectivity index (χ3n) is 6.23. The first-order valence-electron chi connectivity index (χ1n) is 8.75. The molecule has 23 heavy (non-hydrogen) atoms. The molecule has 5 rings (SSSR count). The largest absolute Gasteiger partial charge is 0.374 e. The van der Waals surface area contributed by atoms with E-state index in [4.69, 9.17) is 9.47 Å². The van der Waals surface area contributed by atoms with Crippen molar-refractivity contribution in [2.24, 2.45) is 24.8 Å². The van der Waals surface area contributed by atoms with Gasteiger partial charge in [0.15, 0.2) is 0 Å². The number of amides is 1. The van der Waals surface area contributed by atoms with E-state index >= 15 is 0 Å². The molecule has 0 aliphatic carbocycles.